The molecule has 0 spiro atoms. The van der Waals surface area contributed by atoms with Gasteiger partial charge in [0.1, 0.15) is 6.04 Å². The van der Waals surface area contributed by atoms with Crippen LogP contribution in [0.2, 0.25) is 0 Å². The van der Waals surface area contributed by atoms with E-state index in [1.807, 2.05) is 30.3 Å². The molecule has 1 amide bonds. The number of amides is 1. The molecule has 0 fully saturated rings. The van der Waals surface area contributed by atoms with Crippen LogP contribution in [-0.2, 0) is 21.4 Å². The number of hydrogen-bond donors (Lipinski definition) is 2. The molecule has 1 heterocycles. The normalized spacial score (nSPS) is 14.9. The molecule has 0 bridgehead atoms. The summed E-state index contributed by atoms with van der Waals surface area (Å²) in [6.07, 6.45) is 0.728. The van der Waals surface area contributed by atoms with Crippen LogP contribution in [0.25, 0.3) is 0 Å². The van der Waals surface area contributed by atoms with Crippen molar-refractivity contribution >= 4 is 15.9 Å². The van der Waals surface area contributed by atoms with Crippen LogP contribution < -0.4 is 19.5 Å². The van der Waals surface area contributed by atoms with Gasteiger partial charge in [0, 0.05) is 19.0 Å². The maximum absolute atomic E-state index is 12.9. The molecule has 2 N–H and O–H groups in total. The van der Waals surface area contributed by atoms with Crippen LogP contribution in [0.3, 0.4) is 0 Å². The van der Waals surface area contributed by atoms with E-state index >= 15 is 0 Å². The van der Waals surface area contributed by atoms with Crippen LogP contribution in [0.5, 0.6) is 11.5 Å². The molecule has 2 aromatic rings. The second-order valence-electron chi connectivity index (χ2n) is 7.21. The Morgan fingerprint density at radius 1 is 1.03 bits per heavy atom. The van der Waals surface area contributed by atoms with Crippen molar-refractivity contribution in [3.05, 3.63) is 54.1 Å². The molecule has 0 aromatic heterocycles. The standard InChI is InChI=1S/C21H26N2O5S/c1-15(2)20(21(24)22-14-16-7-4-3-5-8-16)23-29(25,26)17-9-10-18-19(13-17)28-12-6-11-27-18/h3-5,7-10,13,15,20,23H,6,11-12,14H2,1-2H3,(H,22,24). The lowest BCUT2D eigenvalue weighted by molar-refractivity contribution is -0.123. The molecule has 2 aromatic carbocycles. The number of carbonyl (C=O) groups is 1. The third-order valence-electron chi connectivity index (χ3n) is 4.57. The van der Waals surface area contributed by atoms with Crippen molar-refractivity contribution < 1.29 is 22.7 Å². The number of carbonyl (C=O) groups excluding carboxylic acids is 1. The number of ether oxygens (including phenoxy) is 2. The number of rotatable bonds is 7. The van der Waals surface area contributed by atoms with Crippen LogP contribution >= 0.6 is 0 Å². The predicted molar refractivity (Wildman–Crippen MR) is 109 cm³/mol. The van der Waals surface area contributed by atoms with E-state index in [4.69, 9.17) is 9.47 Å². The second kappa shape index (κ2) is 9.28. The van der Waals surface area contributed by atoms with E-state index in [9.17, 15) is 13.2 Å². The van der Waals surface area contributed by atoms with Gasteiger partial charge in [-0.1, -0.05) is 44.2 Å². The SMILES string of the molecule is CC(C)C(NS(=O)(=O)c1ccc2c(c1)OCCCO2)C(=O)NCc1ccccc1. The Labute approximate surface area is 171 Å². The molecule has 0 saturated heterocycles. The molecule has 1 aliphatic rings. The summed E-state index contributed by atoms with van der Waals surface area (Å²) < 4.78 is 39.5. The van der Waals surface area contributed by atoms with Crippen LogP contribution in [0.4, 0.5) is 0 Å². The summed E-state index contributed by atoms with van der Waals surface area (Å²) in [7, 11) is -3.92. The fourth-order valence-electron chi connectivity index (χ4n) is 2.93. The van der Waals surface area contributed by atoms with Gasteiger partial charge in [-0.3, -0.25) is 4.79 Å². The third-order valence-corrected chi connectivity index (χ3v) is 6.01. The average Bonchev–Trinajstić information content (AvgIpc) is 2.95. The van der Waals surface area contributed by atoms with Crippen molar-refractivity contribution in [2.75, 3.05) is 13.2 Å². The maximum Gasteiger partial charge on any atom is 0.241 e. The lowest BCUT2D eigenvalue weighted by atomic mass is 10.0. The predicted octanol–water partition coefficient (Wildman–Crippen LogP) is 2.47. The highest BCUT2D eigenvalue weighted by Gasteiger charge is 2.29. The van der Waals surface area contributed by atoms with E-state index in [1.165, 1.54) is 12.1 Å². The molecule has 0 radical (unpaired) electrons. The molecule has 1 atom stereocenters. The molecule has 0 saturated carbocycles. The zero-order chi connectivity index (χ0) is 20.9. The van der Waals surface area contributed by atoms with Gasteiger partial charge in [0.25, 0.3) is 0 Å². The zero-order valence-electron chi connectivity index (χ0n) is 16.6. The Bertz CT molecular complexity index is 945. The largest absolute Gasteiger partial charge is 0.490 e. The number of nitrogens with one attached hydrogen (secondary N) is 2. The Morgan fingerprint density at radius 2 is 1.72 bits per heavy atom. The lowest BCUT2D eigenvalue weighted by Gasteiger charge is -2.22. The first-order valence-electron chi connectivity index (χ1n) is 9.60. The van der Waals surface area contributed by atoms with E-state index in [0.717, 1.165) is 12.0 Å². The van der Waals surface area contributed by atoms with E-state index < -0.39 is 16.1 Å². The van der Waals surface area contributed by atoms with Crippen LogP contribution in [0, 0.1) is 5.92 Å². The molecule has 8 heteroatoms. The van der Waals surface area contributed by atoms with Crippen molar-refractivity contribution in [3.8, 4) is 11.5 Å². The summed E-state index contributed by atoms with van der Waals surface area (Å²) in [4.78, 5) is 12.7. The first-order chi connectivity index (χ1) is 13.9. The minimum absolute atomic E-state index is 0.0308. The van der Waals surface area contributed by atoms with Crippen LogP contribution in [-0.4, -0.2) is 33.6 Å². The molecule has 29 heavy (non-hydrogen) atoms. The highest BCUT2D eigenvalue weighted by Crippen LogP contribution is 2.32. The molecule has 156 valence electrons. The number of fused-ring (bicyclic) bond motifs is 1. The Balaban J connectivity index is 1.73. The van der Waals surface area contributed by atoms with Crippen molar-refractivity contribution in [2.24, 2.45) is 5.92 Å². The molecule has 1 unspecified atom stereocenters. The zero-order valence-corrected chi connectivity index (χ0v) is 17.4. The van der Waals surface area contributed by atoms with Crippen molar-refractivity contribution in [1.29, 1.82) is 0 Å². The minimum atomic E-state index is -3.92. The average molecular weight is 419 g/mol. The van der Waals surface area contributed by atoms with E-state index in [1.54, 1.807) is 19.9 Å². The van der Waals surface area contributed by atoms with Gasteiger partial charge in [-0.05, 0) is 23.6 Å². The van der Waals surface area contributed by atoms with Gasteiger partial charge in [0.15, 0.2) is 11.5 Å². The van der Waals surface area contributed by atoms with Crippen molar-refractivity contribution in [1.82, 2.24) is 10.0 Å². The molecular weight excluding hydrogens is 392 g/mol. The van der Waals surface area contributed by atoms with Crippen LogP contribution in [0.15, 0.2) is 53.4 Å². The smallest absolute Gasteiger partial charge is 0.241 e. The van der Waals surface area contributed by atoms with E-state index in [2.05, 4.69) is 10.0 Å². The summed E-state index contributed by atoms with van der Waals surface area (Å²) in [6, 6.07) is 13.0. The Morgan fingerprint density at radius 3 is 2.41 bits per heavy atom. The van der Waals surface area contributed by atoms with E-state index in [0.29, 0.717) is 31.3 Å². The maximum atomic E-state index is 12.9. The van der Waals surface area contributed by atoms with Gasteiger partial charge in [0.2, 0.25) is 15.9 Å². The number of sulfonamides is 1. The first-order valence-corrected chi connectivity index (χ1v) is 11.1. The topological polar surface area (TPSA) is 93.7 Å². The lowest BCUT2D eigenvalue weighted by Crippen LogP contribution is -2.49. The van der Waals surface area contributed by atoms with Gasteiger partial charge in [0.05, 0.1) is 18.1 Å². The summed E-state index contributed by atoms with van der Waals surface area (Å²) in [5.74, 6) is 0.296. The highest BCUT2D eigenvalue weighted by molar-refractivity contribution is 7.89. The van der Waals surface area contributed by atoms with Gasteiger partial charge in [-0.2, -0.15) is 4.72 Å². The van der Waals surface area contributed by atoms with Crippen molar-refractivity contribution in [2.45, 2.75) is 37.8 Å². The van der Waals surface area contributed by atoms with Gasteiger partial charge < -0.3 is 14.8 Å². The second-order valence-corrected chi connectivity index (χ2v) is 8.92. The minimum Gasteiger partial charge on any atom is -0.490 e. The van der Waals surface area contributed by atoms with Crippen LogP contribution in [0.1, 0.15) is 25.8 Å². The molecule has 0 aliphatic carbocycles. The highest BCUT2D eigenvalue weighted by atomic mass is 32.2. The molecular formula is C21H26N2O5S. The summed E-state index contributed by atoms with van der Waals surface area (Å²) >= 11 is 0. The summed E-state index contributed by atoms with van der Waals surface area (Å²) in [5.41, 5.74) is 0.939. The fraction of sp³-hybridized carbons (Fsp3) is 0.381. The molecule has 3 rings (SSSR count). The van der Waals surface area contributed by atoms with Crippen molar-refractivity contribution in [3.63, 3.8) is 0 Å². The Hall–Kier alpha value is -2.58. The molecule has 1 aliphatic heterocycles. The third kappa shape index (κ3) is 5.48. The van der Waals surface area contributed by atoms with Gasteiger partial charge in [-0.25, -0.2) is 8.42 Å². The fourth-order valence-corrected chi connectivity index (χ4v) is 4.29. The number of benzene rings is 2. The summed E-state index contributed by atoms with van der Waals surface area (Å²) in [5, 5.41) is 2.80. The Kier molecular flexibility index (Phi) is 6.76. The summed E-state index contributed by atoms with van der Waals surface area (Å²) in [6.45, 7) is 4.90. The van der Waals surface area contributed by atoms with E-state index in [-0.39, 0.29) is 16.7 Å². The number of hydrogen-bond acceptors (Lipinski definition) is 5. The quantitative estimate of drug-likeness (QED) is 0.720. The van der Waals surface area contributed by atoms with Gasteiger partial charge in [-0.15, -0.1) is 0 Å². The first kappa shape index (κ1) is 21.1. The monoisotopic (exact) mass is 418 g/mol. The molecule has 7 nitrogen and oxygen atoms in total. The van der Waals surface area contributed by atoms with Gasteiger partial charge >= 0.3 is 0 Å².